The minimum Gasteiger partial charge on any atom is -0.494 e. The fraction of sp³-hybridized carbons (Fsp3) is 0.533. The Balaban J connectivity index is 1.76. The number of likely N-dealkylation sites (tertiary alicyclic amines) is 1. The van der Waals surface area contributed by atoms with Crippen LogP contribution < -0.4 is 9.47 Å². The Morgan fingerprint density at radius 1 is 1.30 bits per heavy atom. The predicted octanol–water partition coefficient (Wildman–Crippen LogP) is 2.01. The molecule has 0 aromatic heterocycles. The Morgan fingerprint density at radius 2 is 1.95 bits per heavy atom. The summed E-state index contributed by atoms with van der Waals surface area (Å²) in [5.41, 5.74) is 0. The molecule has 1 aliphatic rings. The normalized spacial score (nSPS) is 18.9. The van der Waals surface area contributed by atoms with Gasteiger partial charge in [-0.05, 0) is 50.6 Å². The molecule has 0 amide bonds. The Morgan fingerprint density at radius 3 is 2.55 bits per heavy atom. The van der Waals surface area contributed by atoms with E-state index in [1.807, 2.05) is 36.1 Å². The molecule has 1 heterocycles. The van der Waals surface area contributed by atoms with Crippen molar-refractivity contribution in [3.63, 3.8) is 0 Å². The van der Waals surface area contributed by atoms with Gasteiger partial charge in [0.1, 0.15) is 24.1 Å². The average molecular weight is 279 g/mol. The van der Waals surface area contributed by atoms with E-state index in [0.29, 0.717) is 19.8 Å². The Labute approximate surface area is 119 Å². The lowest BCUT2D eigenvalue weighted by atomic mass is 10.2. The number of aliphatic carboxylic acids is 1. The van der Waals surface area contributed by atoms with Crippen molar-refractivity contribution in [1.82, 2.24) is 4.90 Å². The molecule has 0 aliphatic carbocycles. The molecule has 1 saturated heterocycles. The van der Waals surface area contributed by atoms with Gasteiger partial charge in [0.2, 0.25) is 0 Å². The van der Waals surface area contributed by atoms with Crippen LogP contribution in [0.2, 0.25) is 0 Å². The topological polar surface area (TPSA) is 59.0 Å². The second-order valence-corrected chi connectivity index (χ2v) is 4.79. The van der Waals surface area contributed by atoms with Crippen molar-refractivity contribution < 1.29 is 19.4 Å². The highest BCUT2D eigenvalue weighted by Crippen LogP contribution is 2.19. The lowest BCUT2D eigenvalue weighted by molar-refractivity contribution is -0.142. The highest BCUT2D eigenvalue weighted by atomic mass is 16.5. The van der Waals surface area contributed by atoms with Crippen molar-refractivity contribution in [2.75, 3.05) is 26.3 Å². The molecule has 2 rings (SSSR count). The van der Waals surface area contributed by atoms with Crippen LogP contribution in [0.1, 0.15) is 19.8 Å². The third-order valence-electron chi connectivity index (χ3n) is 3.43. The first kappa shape index (κ1) is 14.7. The van der Waals surface area contributed by atoms with E-state index in [9.17, 15) is 4.79 Å². The summed E-state index contributed by atoms with van der Waals surface area (Å²) in [6, 6.07) is 7.12. The number of hydrogen-bond acceptors (Lipinski definition) is 4. The quantitative estimate of drug-likeness (QED) is 0.827. The summed E-state index contributed by atoms with van der Waals surface area (Å²) in [5, 5.41) is 9.08. The molecule has 0 spiro atoms. The Kier molecular flexibility index (Phi) is 5.24. The summed E-state index contributed by atoms with van der Waals surface area (Å²) in [4.78, 5) is 13.0. The van der Waals surface area contributed by atoms with Crippen LogP contribution in [-0.4, -0.2) is 48.3 Å². The molecule has 5 nitrogen and oxygen atoms in total. The van der Waals surface area contributed by atoms with Crippen molar-refractivity contribution in [3.05, 3.63) is 24.3 Å². The van der Waals surface area contributed by atoms with Crippen molar-refractivity contribution in [2.24, 2.45) is 0 Å². The maximum absolute atomic E-state index is 11.0. The molecule has 1 N–H and O–H groups in total. The monoisotopic (exact) mass is 279 g/mol. The van der Waals surface area contributed by atoms with E-state index in [1.165, 1.54) is 0 Å². The van der Waals surface area contributed by atoms with Crippen molar-refractivity contribution >= 4 is 5.97 Å². The summed E-state index contributed by atoms with van der Waals surface area (Å²) < 4.78 is 11.0. The zero-order chi connectivity index (χ0) is 14.4. The number of carbonyl (C=O) groups is 1. The van der Waals surface area contributed by atoms with Gasteiger partial charge in [0, 0.05) is 6.54 Å². The molecular formula is C15H21NO4. The maximum atomic E-state index is 11.0. The summed E-state index contributed by atoms with van der Waals surface area (Å²) in [6.45, 7) is 4.57. The second-order valence-electron chi connectivity index (χ2n) is 4.79. The van der Waals surface area contributed by atoms with Gasteiger partial charge in [-0.15, -0.1) is 0 Å². The largest absolute Gasteiger partial charge is 0.494 e. The molecule has 0 saturated carbocycles. The van der Waals surface area contributed by atoms with Gasteiger partial charge in [0.05, 0.1) is 6.61 Å². The van der Waals surface area contributed by atoms with Gasteiger partial charge < -0.3 is 14.6 Å². The molecule has 0 radical (unpaired) electrons. The Hall–Kier alpha value is -1.75. The maximum Gasteiger partial charge on any atom is 0.320 e. The molecule has 110 valence electrons. The van der Waals surface area contributed by atoms with Crippen LogP contribution in [0.4, 0.5) is 0 Å². The Bertz CT molecular complexity index is 432. The van der Waals surface area contributed by atoms with Crippen LogP contribution in [0, 0.1) is 0 Å². The minimum absolute atomic E-state index is 0.348. The van der Waals surface area contributed by atoms with Gasteiger partial charge in [0.15, 0.2) is 0 Å². The fourth-order valence-electron chi connectivity index (χ4n) is 2.45. The summed E-state index contributed by atoms with van der Waals surface area (Å²) >= 11 is 0. The zero-order valence-electron chi connectivity index (χ0n) is 11.7. The number of nitrogens with zero attached hydrogens (tertiary/aromatic N) is 1. The van der Waals surface area contributed by atoms with E-state index >= 15 is 0 Å². The molecular weight excluding hydrogens is 258 g/mol. The molecule has 1 aromatic carbocycles. The van der Waals surface area contributed by atoms with Gasteiger partial charge >= 0.3 is 5.97 Å². The first-order valence-corrected chi connectivity index (χ1v) is 7.03. The molecule has 1 atom stereocenters. The molecule has 1 aliphatic heterocycles. The summed E-state index contributed by atoms with van der Waals surface area (Å²) in [5.74, 6) is 0.869. The third kappa shape index (κ3) is 3.87. The van der Waals surface area contributed by atoms with Gasteiger partial charge in [-0.1, -0.05) is 0 Å². The molecule has 5 heteroatoms. The lowest BCUT2D eigenvalue weighted by Gasteiger charge is -2.20. The number of carboxylic acids is 1. The standard InChI is InChI=1S/C15H21NO4/c1-2-19-12-5-7-13(8-6-12)20-11-10-16-9-3-4-14(16)15(17)18/h5-8,14H,2-4,9-11H2,1H3,(H,17,18)/t14-/m0/s1. The van der Waals surface area contributed by atoms with Crippen LogP contribution >= 0.6 is 0 Å². The molecule has 0 bridgehead atoms. The summed E-state index contributed by atoms with van der Waals surface area (Å²) in [6.07, 6.45) is 1.68. The average Bonchev–Trinajstić information content (AvgIpc) is 2.90. The molecule has 0 unspecified atom stereocenters. The number of carboxylic acid groups (broad SMARTS) is 1. The fourth-order valence-corrected chi connectivity index (χ4v) is 2.45. The van der Waals surface area contributed by atoms with Gasteiger partial charge in [-0.3, -0.25) is 9.69 Å². The van der Waals surface area contributed by atoms with Crippen LogP contribution in [0.3, 0.4) is 0 Å². The van der Waals surface area contributed by atoms with E-state index in [-0.39, 0.29) is 6.04 Å². The first-order valence-electron chi connectivity index (χ1n) is 7.03. The first-order chi connectivity index (χ1) is 9.70. The number of rotatable bonds is 7. The van der Waals surface area contributed by atoms with Crippen molar-refractivity contribution in [1.29, 1.82) is 0 Å². The SMILES string of the molecule is CCOc1ccc(OCCN2CCC[C@H]2C(=O)O)cc1. The van der Waals surface area contributed by atoms with Gasteiger partial charge in [-0.25, -0.2) is 0 Å². The van der Waals surface area contributed by atoms with Crippen LogP contribution in [0.25, 0.3) is 0 Å². The number of ether oxygens (including phenoxy) is 2. The van der Waals surface area contributed by atoms with Gasteiger partial charge in [-0.2, -0.15) is 0 Å². The van der Waals surface area contributed by atoms with E-state index < -0.39 is 5.97 Å². The molecule has 20 heavy (non-hydrogen) atoms. The van der Waals surface area contributed by atoms with E-state index in [0.717, 1.165) is 30.9 Å². The van der Waals surface area contributed by atoms with E-state index in [1.54, 1.807) is 0 Å². The zero-order valence-corrected chi connectivity index (χ0v) is 11.7. The van der Waals surface area contributed by atoms with Crippen molar-refractivity contribution in [3.8, 4) is 11.5 Å². The van der Waals surface area contributed by atoms with Crippen LogP contribution in [-0.2, 0) is 4.79 Å². The summed E-state index contributed by atoms with van der Waals surface area (Å²) in [7, 11) is 0. The van der Waals surface area contributed by atoms with Crippen LogP contribution in [0.5, 0.6) is 11.5 Å². The lowest BCUT2D eigenvalue weighted by Crippen LogP contribution is -2.38. The van der Waals surface area contributed by atoms with Crippen molar-refractivity contribution in [2.45, 2.75) is 25.8 Å². The number of benzene rings is 1. The second kappa shape index (κ2) is 7.14. The highest BCUT2D eigenvalue weighted by molar-refractivity contribution is 5.73. The minimum atomic E-state index is -0.733. The smallest absolute Gasteiger partial charge is 0.320 e. The number of hydrogen-bond donors (Lipinski definition) is 1. The van der Waals surface area contributed by atoms with E-state index in [4.69, 9.17) is 14.6 Å². The third-order valence-corrected chi connectivity index (χ3v) is 3.43. The molecule has 1 fully saturated rings. The van der Waals surface area contributed by atoms with Gasteiger partial charge in [0.25, 0.3) is 0 Å². The van der Waals surface area contributed by atoms with Crippen LogP contribution in [0.15, 0.2) is 24.3 Å². The van der Waals surface area contributed by atoms with E-state index in [2.05, 4.69) is 0 Å². The predicted molar refractivity (Wildman–Crippen MR) is 75.3 cm³/mol. The molecule has 1 aromatic rings. The highest BCUT2D eigenvalue weighted by Gasteiger charge is 2.29.